The summed E-state index contributed by atoms with van der Waals surface area (Å²) in [5.74, 6) is 0.817. The van der Waals surface area contributed by atoms with E-state index in [0.717, 1.165) is 32.4 Å². The maximum absolute atomic E-state index is 12.4. The van der Waals surface area contributed by atoms with E-state index in [1.807, 2.05) is 17.0 Å². The standard InChI is InChI=1S/C20H24N2O2/c23-19-8-4-5-12-21(19)15-11-20(24)22-13-9-18(10-14-22)16-17-6-2-1-3-7-17/h1-8,12,18H,9-11,13-16H2. The van der Waals surface area contributed by atoms with E-state index in [2.05, 4.69) is 24.3 Å². The third-order valence-corrected chi connectivity index (χ3v) is 4.80. The van der Waals surface area contributed by atoms with Gasteiger partial charge in [0.1, 0.15) is 0 Å². The van der Waals surface area contributed by atoms with Gasteiger partial charge in [0.05, 0.1) is 0 Å². The summed E-state index contributed by atoms with van der Waals surface area (Å²) in [4.78, 5) is 26.0. The molecule has 0 unspecified atom stereocenters. The molecule has 0 spiro atoms. The number of hydrogen-bond acceptors (Lipinski definition) is 2. The summed E-state index contributed by atoms with van der Waals surface area (Å²) in [7, 11) is 0. The van der Waals surface area contributed by atoms with Crippen LogP contribution in [0.25, 0.3) is 0 Å². The number of benzene rings is 1. The summed E-state index contributed by atoms with van der Waals surface area (Å²) in [6.07, 6.45) is 5.36. The maximum atomic E-state index is 12.4. The molecule has 1 aliphatic rings. The van der Waals surface area contributed by atoms with Crippen LogP contribution in [0.5, 0.6) is 0 Å². The average molecular weight is 324 g/mol. The summed E-state index contributed by atoms with van der Waals surface area (Å²) in [6.45, 7) is 2.13. The molecule has 1 saturated heterocycles. The molecule has 126 valence electrons. The van der Waals surface area contributed by atoms with Gasteiger partial charge in [-0.2, -0.15) is 0 Å². The van der Waals surface area contributed by atoms with Crippen LogP contribution in [-0.2, 0) is 17.8 Å². The van der Waals surface area contributed by atoms with E-state index < -0.39 is 0 Å². The van der Waals surface area contributed by atoms with Crippen LogP contribution in [0.2, 0.25) is 0 Å². The van der Waals surface area contributed by atoms with E-state index >= 15 is 0 Å². The molecular formula is C20H24N2O2. The van der Waals surface area contributed by atoms with Gasteiger partial charge in [-0.1, -0.05) is 36.4 Å². The van der Waals surface area contributed by atoms with E-state index in [1.54, 1.807) is 16.8 Å². The molecule has 0 N–H and O–H groups in total. The number of aromatic nitrogens is 1. The molecule has 4 heteroatoms. The molecule has 2 aromatic rings. The first kappa shape index (κ1) is 16.5. The smallest absolute Gasteiger partial charge is 0.250 e. The molecule has 1 aromatic carbocycles. The third kappa shape index (κ3) is 4.34. The Morgan fingerprint density at radius 2 is 1.71 bits per heavy atom. The van der Waals surface area contributed by atoms with Crippen LogP contribution in [0.15, 0.2) is 59.5 Å². The fraction of sp³-hybridized carbons (Fsp3) is 0.400. The second-order valence-corrected chi connectivity index (χ2v) is 6.50. The van der Waals surface area contributed by atoms with Crippen LogP contribution in [-0.4, -0.2) is 28.5 Å². The van der Waals surface area contributed by atoms with Crippen molar-refractivity contribution in [3.8, 4) is 0 Å². The highest BCUT2D eigenvalue weighted by Crippen LogP contribution is 2.22. The summed E-state index contributed by atoms with van der Waals surface area (Å²) < 4.78 is 1.60. The molecule has 1 aromatic heterocycles. The zero-order chi connectivity index (χ0) is 16.8. The van der Waals surface area contributed by atoms with Gasteiger partial charge < -0.3 is 9.47 Å². The van der Waals surface area contributed by atoms with Gasteiger partial charge in [-0.05, 0) is 36.8 Å². The maximum Gasteiger partial charge on any atom is 0.250 e. The number of nitrogens with zero attached hydrogens (tertiary/aromatic N) is 2. The Hall–Kier alpha value is -2.36. The predicted octanol–water partition coefficient (Wildman–Crippen LogP) is 2.72. The molecule has 1 aliphatic heterocycles. The van der Waals surface area contributed by atoms with Gasteiger partial charge in [0.2, 0.25) is 5.91 Å². The molecule has 4 nitrogen and oxygen atoms in total. The Morgan fingerprint density at radius 1 is 1.00 bits per heavy atom. The minimum atomic E-state index is -0.0492. The van der Waals surface area contributed by atoms with E-state index in [9.17, 15) is 9.59 Å². The van der Waals surface area contributed by atoms with Gasteiger partial charge in [-0.25, -0.2) is 0 Å². The van der Waals surface area contributed by atoms with Crippen molar-refractivity contribution in [2.45, 2.75) is 32.2 Å². The lowest BCUT2D eigenvalue weighted by Gasteiger charge is -2.32. The van der Waals surface area contributed by atoms with Gasteiger partial charge in [-0.3, -0.25) is 9.59 Å². The van der Waals surface area contributed by atoms with E-state index in [-0.39, 0.29) is 11.5 Å². The SMILES string of the molecule is O=C(CCn1ccccc1=O)N1CCC(Cc2ccccc2)CC1. The number of carbonyl (C=O) groups excluding carboxylic acids is 1. The number of hydrogen-bond donors (Lipinski definition) is 0. The van der Waals surface area contributed by atoms with Gasteiger partial charge in [0.25, 0.3) is 5.56 Å². The quantitative estimate of drug-likeness (QED) is 0.849. The highest BCUT2D eigenvalue weighted by Gasteiger charge is 2.22. The summed E-state index contributed by atoms with van der Waals surface area (Å²) >= 11 is 0. The average Bonchev–Trinajstić information content (AvgIpc) is 2.62. The molecule has 0 saturated carbocycles. The predicted molar refractivity (Wildman–Crippen MR) is 94.8 cm³/mol. The molecule has 1 fully saturated rings. The number of likely N-dealkylation sites (tertiary alicyclic amines) is 1. The van der Waals surface area contributed by atoms with Crippen LogP contribution in [0, 0.1) is 5.92 Å². The highest BCUT2D eigenvalue weighted by atomic mass is 16.2. The van der Waals surface area contributed by atoms with Crippen molar-refractivity contribution in [2.75, 3.05) is 13.1 Å². The number of piperidine rings is 1. The fourth-order valence-electron chi connectivity index (χ4n) is 3.35. The molecule has 0 radical (unpaired) electrons. The van der Waals surface area contributed by atoms with Gasteiger partial charge in [0.15, 0.2) is 0 Å². The number of carbonyl (C=O) groups is 1. The van der Waals surface area contributed by atoms with Crippen LogP contribution < -0.4 is 5.56 Å². The van der Waals surface area contributed by atoms with Crippen molar-refractivity contribution in [3.63, 3.8) is 0 Å². The lowest BCUT2D eigenvalue weighted by Crippen LogP contribution is -2.39. The number of amides is 1. The van der Waals surface area contributed by atoms with Gasteiger partial charge >= 0.3 is 0 Å². The van der Waals surface area contributed by atoms with Crippen molar-refractivity contribution in [3.05, 3.63) is 70.6 Å². The molecular weight excluding hydrogens is 300 g/mol. The number of rotatable bonds is 5. The van der Waals surface area contributed by atoms with Crippen LogP contribution in [0.4, 0.5) is 0 Å². The van der Waals surface area contributed by atoms with Gasteiger partial charge in [-0.15, -0.1) is 0 Å². The topological polar surface area (TPSA) is 42.3 Å². The second-order valence-electron chi connectivity index (χ2n) is 6.50. The first-order valence-electron chi connectivity index (χ1n) is 8.69. The largest absolute Gasteiger partial charge is 0.343 e. The van der Waals surface area contributed by atoms with E-state index in [4.69, 9.17) is 0 Å². The molecule has 2 heterocycles. The zero-order valence-corrected chi connectivity index (χ0v) is 13.9. The van der Waals surface area contributed by atoms with Gasteiger partial charge in [0, 0.05) is 38.3 Å². The van der Waals surface area contributed by atoms with Crippen LogP contribution >= 0.6 is 0 Å². The van der Waals surface area contributed by atoms with Crippen molar-refractivity contribution in [1.29, 1.82) is 0 Å². The van der Waals surface area contributed by atoms with E-state index in [0.29, 0.717) is 18.9 Å². The molecule has 0 bridgehead atoms. The minimum Gasteiger partial charge on any atom is -0.343 e. The molecule has 24 heavy (non-hydrogen) atoms. The summed E-state index contributed by atoms with van der Waals surface area (Å²) in [6, 6.07) is 15.6. The minimum absolute atomic E-state index is 0.0492. The monoisotopic (exact) mass is 324 g/mol. The van der Waals surface area contributed by atoms with E-state index in [1.165, 1.54) is 11.6 Å². The molecule has 1 amide bonds. The lowest BCUT2D eigenvalue weighted by molar-refractivity contribution is -0.132. The fourth-order valence-corrected chi connectivity index (χ4v) is 3.35. The molecule has 3 rings (SSSR count). The Bertz CT molecular complexity index is 716. The number of aryl methyl sites for hydroxylation is 1. The Labute approximate surface area is 142 Å². The van der Waals surface area contributed by atoms with Crippen LogP contribution in [0.1, 0.15) is 24.8 Å². The second kappa shape index (κ2) is 7.95. The third-order valence-electron chi connectivity index (χ3n) is 4.80. The Kier molecular flexibility index (Phi) is 5.47. The zero-order valence-electron chi connectivity index (χ0n) is 13.9. The molecule has 0 aliphatic carbocycles. The Morgan fingerprint density at radius 3 is 2.42 bits per heavy atom. The van der Waals surface area contributed by atoms with Crippen molar-refractivity contribution in [1.82, 2.24) is 9.47 Å². The van der Waals surface area contributed by atoms with Crippen LogP contribution in [0.3, 0.4) is 0 Å². The highest BCUT2D eigenvalue weighted by molar-refractivity contribution is 5.76. The summed E-state index contributed by atoms with van der Waals surface area (Å²) in [5.41, 5.74) is 1.33. The molecule has 0 atom stereocenters. The summed E-state index contributed by atoms with van der Waals surface area (Å²) in [5, 5.41) is 0. The lowest BCUT2D eigenvalue weighted by atomic mass is 9.90. The van der Waals surface area contributed by atoms with Crippen molar-refractivity contribution >= 4 is 5.91 Å². The normalized spacial score (nSPS) is 15.4. The van der Waals surface area contributed by atoms with Crippen molar-refractivity contribution in [2.24, 2.45) is 5.92 Å². The Balaban J connectivity index is 1.45. The first-order chi connectivity index (χ1) is 11.7. The first-order valence-corrected chi connectivity index (χ1v) is 8.69. The number of pyridine rings is 1. The van der Waals surface area contributed by atoms with Crippen molar-refractivity contribution < 1.29 is 4.79 Å².